The average Bonchev–Trinajstić information content (AvgIpc) is 2.24. The van der Waals surface area contributed by atoms with E-state index in [1.54, 1.807) is 0 Å². The van der Waals surface area contributed by atoms with Crippen molar-refractivity contribution in [3.8, 4) is 0 Å². The van der Waals surface area contributed by atoms with Crippen molar-refractivity contribution in [2.75, 3.05) is 0 Å². The van der Waals surface area contributed by atoms with Gasteiger partial charge in [-0.15, -0.1) is 0 Å². The molecular formula is C10H11NO5S. The van der Waals surface area contributed by atoms with E-state index in [2.05, 4.69) is 5.32 Å². The predicted octanol–water partition coefficient (Wildman–Crippen LogP) is 0.274. The molecule has 0 aromatic carbocycles. The van der Waals surface area contributed by atoms with Crippen molar-refractivity contribution in [1.82, 2.24) is 5.32 Å². The van der Waals surface area contributed by atoms with Crippen LogP contribution in [0.25, 0.3) is 0 Å². The molecule has 1 aliphatic carbocycles. The Morgan fingerprint density at radius 3 is 2.65 bits per heavy atom. The predicted molar refractivity (Wildman–Crippen MR) is 59.5 cm³/mol. The van der Waals surface area contributed by atoms with E-state index in [0.29, 0.717) is 0 Å². The first-order valence-electron chi connectivity index (χ1n) is 4.89. The molecule has 0 radical (unpaired) electrons. The molecule has 0 spiro atoms. The Balaban J connectivity index is 2.48. The number of allylic oxidation sites excluding steroid dienone is 1. The first-order valence-corrected chi connectivity index (χ1v) is 6.33. The molecule has 0 aromatic heterocycles. The Morgan fingerprint density at radius 1 is 1.41 bits per heavy atom. The summed E-state index contributed by atoms with van der Waals surface area (Å²) in [4.78, 5) is 11.1. The second-order valence-electron chi connectivity index (χ2n) is 3.94. The van der Waals surface area contributed by atoms with Gasteiger partial charge in [0, 0.05) is 0 Å². The molecule has 0 saturated carbocycles. The highest BCUT2D eigenvalue weighted by Gasteiger charge is 2.34. The van der Waals surface area contributed by atoms with Crippen LogP contribution in [0.4, 0.5) is 0 Å². The van der Waals surface area contributed by atoms with E-state index in [4.69, 9.17) is 4.55 Å². The van der Waals surface area contributed by atoms with Crippen LogP contribution in [0.3, 0.4) is 0 Å². The van der Waals surface area contributed by atoms with Gasteiger partial charge in [-0.05, 0) is 13.0 Å². The SMILES string of the molecule is CC1=C(O)C2C=C(S(=O)(=O)O)C=CC2NC1=O. The van der Waals surface area contributed by atoms with E-state index >= 15 is 0 Å². The molecule has 2 atom stereocenters. The van der Waals surface area contributed by atoms with E-state index in [9.17, 15) is 18.3 Å². The molecule has 1 aliphatic heterocycles. The number of nitrogens with one attached hydrogen (secondary N) is 1. The van der Waals surface area contributed by atoms with Gasteiger partial charge in [0.05, 0.1) is 22.4 Å². The molecule has 1 heterocycles. The van der Waals surface area contributed by atoms with Crippen LogP contribution in [0.2, 0.25) is 0 Å². The minimum absolute atomic E-state index is 0.146. The van der Waals surface area contributed by atoms with E-state index in [1.807, 2.05) is 0 Å². The number of hydrogen-bond donors (Lipinski definition) is 3. The van der Waals surface area contributed by atoms with Crippen LogP contribution in [0.1, 0.15) is 6.92 Å². The van der Waals surface area contributed by atoms with Gasteiger partial charge < -0.3 is 10.4 Å². The summed E-state index contributed by atoms with van der Waals surface area (Å²) in [7, 11) is -4.30. The van der Waals surface area contributed by atoms with Gasteiger partial charge in [0.15, 0.2) is 0 Å². The van der Waals surface area contributed by atoms with Gasteiger partial charge >= 0.3 is 0 Å². The maximum atomic E-state index is 11.4. The quantitative estimate of drug-likeness (QED) is 0.585. The van der Waals surface area contributed by atoms with Gasteiger partial charge in [0.25, 0.3) is 16.0 Å². The smallest absolute Gasteiger partial charge is 0.294 e. The highest BCUT2D eigenvalue weighted by atomic mass is 32.2. The normalized spacial score (nSPS) is 28.6. The fourth-order valence-electron chi connectivity index (χ4n) is 1.84. The third-order valence-electron chi connectivity index (χ3n) is 2.83. The summed E-state index contributed by atoms with van der Waals surface area (Å²) >= 11 is 0. The van der Waals surface area contributed by atoms with Gasteiger partial charge in [0.2, 0.25) is 0 Å². The number of aliphatic hydroxyl groups is 1. The molecule has 92 valence electrons. The van der Waals surface area contributed by atoms with Crippen LogP contribution in [0.5, 0.6) is 0 Å². The summed E-state index contributed by atoms with van der Waals surface area (Å²) in [6, 6.07) is -0.489. The monoisotopic (exact) mass is 257 g/mol. The largest absolute Gasteiger partial charge is 0.511 e. The second-order valence-corrected chi connectivity index (χ2v) is 5.36. The van der Waals surface area contributed by atoms with Gasteiger partial charge in [-0.25, -0.2) is 0 Å². The van der Waals surface area contributed by atoms with Crippen LogP contribution in [0.15, 0.2) is 34.5 Å². The standard InChI is InChI=1S/C10H11NO5S/c1-5-9(12)7-4-6(17(14,15)16)2-3-8(7)11-10(5)13/h2-4,7-8,12H,1H3,(H,11,13)(H,14,15,16). The molecule has 0 fully saturated rings. The van der Waals surface area contributed by atoms with E-state index in [-0.39, 0.29) is 16.2 Å². The number of rotatable bonds is 1. The molecule has 2 aliphatic rings. The van der Waals surface area contributed by atoms with Crippen LogP contribution < -0.4 is 5.32 Å². The van der Waals surface area contributed by atoms with Crippen molar-refractivity contribution < 1.29 is 22.9 Å². The Bertz CT molecular complexity index is 570. The molecular weight excluding hydrogens is 246 g/mol. The summed E-state index contributed by atoms with van der Waals surface area (Å²) in [6.45, 7) is 1.44. The zero-order valence-electron chi connectivity index (χ0n) is 8.91. The van der Waals surface area contributed by atoms with Crippen molar-refractivity contribution in [2.45, 2.75) is 13.0 Å². The van der Waals surface area contributed by atoms with Crippen molar-refractivity contribution in [3.63, 3.8) is 0 Å². The highest BCUT2D eigenvalue weighted by molar-refractivity contribution is 7.90. The molecule has 0 bridgehead atoms. The second kappa shape index (κ2) is 3.71. The Hall–Kier alpha value is -1.60. The summed E-state index contributed by atoms with van der Waals surface area (Å²) in [6.07, 6.45) is 3.84. The van der Waals surface area contributed by atoms with Crippen LogP contribution in [-0.2, 0) is 14.9 Å². The lowest BCUT2D eigenvalue weighted by atomic mass is 9.88. The zero-order chi connectivity index (χ0) is 12.8. The highest BCUT2D eigenvalue weighted by Crippen LogP contribution is 2.29. The van der Waals surface area contributed by atoms with Gasteiger partial charge in [-0.3, -0.25) is 9.35 Å². The molecule has 6 nitrogen and oxygen atoms in total. The lowest BCUT2D eigenvalue weighted by Crippen LogP contribution is -2.45. The number of hydrogen-bond acceptors (Lipinski definition) is 4. The van der Waals surface area contributed by atoms with Crippen LogP contribution >= 0.6 is 0 Å². The summed E-state index contributed by atoms with van der Waals surface area (Å²) in [5.74, 6) is -1.23. The first kappa shape index (κ1) is 11.9. The molecule has 17 heavy (non-hydrogen) atoms. The maximum absolute atomic E-state index is 11.4. The van der Waals surface area contributed by atoms with Crippen molar-refractivity contribution in [3.05, 3.63) is 34.5 Å². The minimum Gasteiger partial charge on any atom is -0.511 e. The Kier molecular flexibility index (Phi) is 2.59. The number of carbonyl (C=O) groups excluding carboxylic acids is 1. The number of fused-ring (bicyclic) bond motifs is 1. The van der Waals surface area contributed by atoms with Crippen LogP contribution in [-0.4, -0.2) is 30.0 Å². The lowest BCUT2D eigenvalue weighted by Gasteiger charge is -2.31. The fraction of sp³-hybridized carbons (Fsp3) is 0.300. The van der Waals surface area contributed by atoms with Gasteiger partial charge in [-0.1, -0.05) is 12.2 Å². The Labute approximate surface area is 98.1 Å². The molecule has 0 saturated heterocycles. The van der Waals surface area contributed by atoms with E-state index in [0.717, 1.165) is 0 Å². The third kappa shape index (κ3) is 1.98. The molecule has 2 unspecified atom stereocenters. The molecule has 2 rings (SSSR count). The van der Waals surface area contributed by atoms with Crippen molar-refractivity contribution in [1.29, 1.82) is 0 Å². The topological polar surface area (TPSA) is 104 Å². The van der Waals surface area contributed by atoms with Crippen molar-refractivity contribution >= 4 is 16.0 Å². The van der Waals surface area contributed by atoms with E-state index in [1.165, 1.54) is 25.2 Å². The summed E-state index contributed by atoms with van der Waals surface area (Å²) < 4.78 is 30.8. The third-order valence-corrected chi connectivity index (χ3v) is 3.70. The van der Waals surface area contributed by atoms with Gasteiger partial charge in [0.1, 0.15) is 5.76 Å². The van der Waals surface area contributed by atoms with Gasteiger partial charge in [-0.2, -0.15) is 8.42 Å². The summed E-state index contributed by atoms with van der Waals surface area (Å²) in [5, 5.41) is 12.4. The summed E-state index contributed by atoms with van der Waals surface area (Å²) in [5.41, 5.74) is 0.146. The zero-order valence-corrected chi connectivity index (χ0v) is 9.73. The molecule has 3 N–H and O–H groups in total. The van der Waals surface area contributed by atoms with Crippen molar-refractivity contribution in [2.24, 2.45) is 5.92 Å². The molecule has 0 aromatic rings. The molecule has 7 heteroatoms. The number of aliphatic hydroxyl groups excluding tert-OH is 1. The van der Waals surface area contributed by atoms with E-state index < -0.39 is 28.0 Å². The maximum Gasteiger partial charge on any atom is 0.294 e. The minimum atomic E-state index is -4.30. The first-order chi connectivity index (χ1) is 7.80. The number of carbonyl (C=O) groups is 1. The average molecular weight is 257 g/mol. The van der Waals surface area contributed by atoms with Crippen LogP contribution in [0, 0.1) is 5.92 Å². The number of amides is 1. The molecule has 1 amide bonds. The Morgan fingerprint density at radius 2 is 2.06 bits per heavy atom. The lowest BCUT2D eigenvalue weighted by molar-refractivity contribution is -0.119. The fourth-order valence-corrected chi connectivity index (χ4v) is 2.41.